The number of amides is 2. The van der Waals surface area contributed by atoms with Crippen molar-refractivity contribution in [2.75, 3.05) is 5.75 Å². The van der Waals surface area contributed by atoms with Gasteiger partial charge in [-0.05, 0) is 23.3 Å². The van der Waals surface area contributed by atoms with Gasteiger partial charge in [0, 0.05) is 5.75 Å². The van der Waals surface area contributed by atoms with E-state index in [2.05, 4.69) is 0 Å². The number of hydrogen-bond donors (Lipinski definition) is 0. The Kier molecular flexibility index (Phi) is 4.85. The van der Waals surface area contributed by atoms with Gasteiger partial charge in [-0.2, -0.15) is 13.2 Å². The fraction of sp³-hybridized carbons (Fsp3) is 0.222. The topological polar surface area (TPSA) is 37.4 Å². The first-order valence-electron chi connectivity index (χ1n) is 7.53. The summed E-state index contributed by atoms with van der Waals surface area (Å²) in [6, 6.07) is 13.6. The lowest BCUT2D eigenvalue weighted by Crippen LogP contribution is -2.29. The van der Waals surface area contributed by atoms with E-state index >= 15 is 0 Å². The molecule has 1 aliphatic heterocycles. The Morgan fingerprint density at radius 1 is 0.880 bits per heavy atom. The SMILES string of the molecule is O=C1c2ccccc2C(=O)N1Cc1cccc(CSCC(F)(F)F)c1. The molecule has 0 saturated heterocycles. The highest BCUT2D eigenvalue weighted by Gasteiger charge is 2.34. The van der Waals surface area contributed by atoms with Crippen LogP contribution in [0.5, 0.6) is 0 Å². The summed E-state index contributed by atoms with van der Waals surface area (Å²) in [5, 5.41) is 0. The highest BCUT2D eigenvalue weighted by atomic mass is 32.2. The number of fused-ring (bicyclic) bond motifs is 1. The molecule has 3 nitrogen and oxygen atoms in total. The van der Waals surface area contributed by atoms with Gasteiger partial charge >= 0.3 is 6.18 Å². The Hall–Kier alpha value is -2.28. The molecule has 25 heavy (non-hydrogen) atoms. The van der Waals surface area contributed by atoms with Crippen LogP contribution in [-0.2, 0) is 12.3 Å². The number of alkyl halides is 3. The standard InChI is InChI=1S/C18H14F3NO2S/c19-18(20,21)11-25-10-13-5-3-4-12(8-13)9-22-16(23)14-6-1-2-7-15(14)17(22)24/h1-8H,9-11H2. The van der Waals surface area contributed by atoms with Gasteiger partial charge in [0.1, 0.15) is 0 Å². The maximum absolute atomic E-state index is 12.4. The molecule has 2 amide bonds. The smallest absolute Gasteiger partial charge is 0.270 e. The van der Waals surface area contributed by atoms with Crippen molar-refractivity contribution in [3.8, 4) is 0 Å². The number of halogens is 3. The summed E-state index contributed by atoms with van der Waals surface area (Å²) in [4.78, 5) is 25.9. The maximum atomic E-state index is 12.4. The summed E-state index contributed by atoms with van der Waals surface area (Å²) in [5.41, 5.74) is 2.19. The van der Waals surface area contributed by atoms with Crippen LogP contribution in [0.4, 0.5) is 13.2 Å². The highest BCUT2D eigenvalue weighted by molar-refractivity contribution is 7.98. The lowest BCUT2D eigenvalue weighted by atomic mass is 10.1. The predicted octanol–water partition coefficient (Wildman–Crippen LogP) is 4.28. The van der Waals surface area contributed by atoms with Crippen LogP contribution >= 0.6 is 11.8 Å². The van der Waals surface area contributed by atoms with Gasteiger partial charge in [0.2, 0.25) is 0 Å². The number of benzene rings is 2. The van der Waals surface area contributed by atoms with Crippen LogP contribution in [0.3, 0.4) is 0 Å². The first-order valence-corrected chi connectivity index (χ1v) is 8.68. The molecule has 130 valence electrons. The van der Waals surface area contributed by atoms with Gasteiger partial charge in [-0.15, -0.1) is 11.8 Å². The molecule has 1 aliphatic rings. The Labute approximate surface area is 146 Å². The normalized spacial score (nSPS) is 14.1. The molecule has 0 N–H and O–H groups in total. The summed E-state index contributed by atoms with van der Waals surface area (Å²) in [6.07, 6.45) is -4.19. The lowest BCUT2D eigenvalue weighted by molar-refractivity contribution is -0.105. The Morgan fingerprint density at radius 3 is 2.08 bits per heavy atom. The Morgan fingerprint density at radius 2 is 1.48 bits per heavy atom. The minimum Gasteiger partial charge on any atom is -0.270 e. The van der Waals surface area contributed by atoms with Gasteiger partial charge in [0.05, 0.1) is 23.4 Å². The molecule has 0 fully saturated rings. The maximum Gasteiger partial charge on any atom is 0.397 e. The van der Waals surface area contributed by atoms with Crippen LogP contribution in [0.25, 0.3) is 0 Å². The van der Waals surface area contributed by atoms with Crippen LogP contribution < -0.4 is 0 Å². The van der Waals surface area contributed by atoms with E-state index in [9.17, 15) is 22.8 Å². The number of thioether (sulfide) groups is 1. The average Bonchev–Trinajstić information content (AvgIpc) is 2.80. The van der Waals surface area contributed by atoms with Crippen LogP contribution in [0.15, 0.2) is 48.5 Å². The number of hydrogen-bond acceptors (Lipinski definition) is 3. The van der Waals surface area contributed by atoms with Gasteiger partial charge in [-0.1, -0.05) is 36.4 Å². The van der Waals surface area contributed by atoms with Crippen LogP contribution in [0.1, 0.15) is 31.8 Å². The van der Waals surface area contributed by atoms with Crippen molar-refractivity contribution in [3.05, 3.63) is 70.8 Å². The molecule has 0 bridgehead atoms. The Balaban J connectivity index is 1.69. The molecular weight excluding hydrogens is 351 g/mol. The zero-order valence-electron chi connectivity index (χ0n) is 13.0. The Bertz CT molecular complexity index is 785. The molecule has 0 atom stereocenters. The molecule has 0 spiro atoms. The van der Waals surface area contributed by atoms with Crippen LogP contribution in [0, 0.1) is 0 Å². The fourth-order valence-corrected chi connectivity index (χ4v) is 3.42. The average molecular weight is 365 g/mol. The minimum absolute atomic E-state index is 0.101. The molecular formula is C18H14F3NO2S. The van der Waals surface area contributed by atoms with Crippen molar-refractivity contribution in [1.82, 2.24) is 4.90 Å². The first-order chi connectivity index (χ1) is 11.8. The molecule has 7 heteroatoms. The van der Waals surface area contributed by atoms with Crippen molar-refractivity contribution >= 4 is 23.6 Å². The predicted molar refractivity (Wildman–Crippen MR) is 89.3 cm³/mol. The van der Waals surface area contributed by atoms with Crippen molar-refractivity contribution < 1.29 is 22.8 Å². The van der Waals surface area contributed by atoms with Gasteiger partial charge in [-0.25, -0.2) is 0 Å². The number of rotatable bonds is 5. The molecule has 0 unspecified atom stereocenters. The minimum atomic E-state index is -4.19. The van der Waals surface area contributed by atoms with E-state index < -0.39 is 11.9 Å². The second kappa shape index (κ2) is 6.92. The number of carbonyl (C=O) groups excluding carboxylic acids is 2. The van der Waals surface area contributed by atoms with Gasteiger partial charge in [0.15, 0.2) is 0 Å². The summed E-state index contributed by atoms with van der Waals surface area (Å²) >= 11 is 0.783. The van der Waals surface area contributed by atoms with Crippen molar-refractivity contribution in [3.63, 3.8) is 0 Å². The molecule has 0 aliphatic carbocycles. The lowest BCUT2D eigenvalue weighted by Gasteiger charge is -2.14. The third-order valence-electron chi connectivity index (χ3n) is 3.74. The third kappa shape index (κ3) is 4.04. The largest absolute Gasteiger partial charge is 0.397 e. The summed E-state index contributed by atoms with van der Waals surface area (Å²) < 4.78 is 36.7. The second-order valence-electron chi connectivity index (χ2n) is 5.67. The quantitative estimate of drug-likeness (QED) is 0.743. The monoisotopic (exact) mass is 365 g/mol. The van der Waals surface area contributed by atoms with E-state index in [0.717, 1.165) is 22.2 Å². The van der Waals surface area contributed by atoms with Gasteiger partial charge < -0.3 is 0 Å². The molecule has 0 aromatic heterocycles. The summed E-state index contributed by atoms with van der Waals surface area (Å²) in [5.74, 6) is -1.39. The van der Waals surface area contributed by atoms with Crippen LogP contribution in [-0.4, -0.2) is 28.6 Å². The van der Waals surface area contributed by atoms with E-state index in [1.54, 1.807) is 48.5 Å². The molecule has 2 aromatic carbocycles. The number of carbonyl (C=O) groups is 2. The van der Waals surface area contributed by atoms with Crippen molar-refractivity contribution in [2.45, 2.75) is 18.5 Å². The molecule has 2 aromatic rings. The zero-order chi connectivity index (χ0) is 18.0. The van der Waals surface area contributed by atoms with E-state index in [1.165, 1.54) is 0 Å². The molecule has 0 radical (unpaired) electrons. The number of imide groups is 1. The summed E-state index contributed by atoms with van der Waals surface area (Å²) in [6.45, 7) is 0.101. The first kappa shape index (κ1) is 17.5. The third-order valence-corrected chi connectivity index (χ3v) is 4.81. The van der Waals surface area contributed by atoms with Crippen molar-refractivity contribution in [2.24, 2.45) is 0 Å². The molecule has 0 saturated carbocycles. The summed E-state index contributed by atoms with van der Waals surface area (Å²) in [7, 11) is 0. The van der Waals surface area contributed by atoms with Crippen LogP contribution in [0.2, 0.25) is 0 Å². The van der Waals surface area contributed by atoms with E-state index in [1.807, 2.05) is 0 Å². The molecule has 3 rings (SSSR count). The molecule has 1 heterocycles. The van der Waals surface area contributed by atoms with E-state index in [-0.39, 0.29) is 24.1 Å². The zero-order valence-corrected chi connectivity index (χ0v) is 13.9. The second-order valence-corrected chi connectivity index (χ2v) is 6.66. The van der Waals surface area contributed by atoms with Gasteiger partial charge in [0.25, 0.3) is 11.8 Å². The van der Waals surface area contributed by atoms with E-state index in [4.69, 9.17) is 0 Å². The number of nitrogens with zero attached hydrogens (tertiary/aromatic N) is 1. The highest BCUT2D eigenvalue weighted by Crippen LogP contribution is 2.26. The van der Waals surface area contributed by atoms with Gasteiger partial charge in [-0.3, -0.25) is 14.5 Å². The fourth-order valence-electron chi connectivity index (χ4n) is 2.67. The van der Waals surface area contributed by atoms with E-state index in [0.29, 0.717) is 16.7 Å². The van der Waals surface area contributed by atoms with Crippen molar-refractivity contribution in [1.29, 1.82) is 0 Å².